The summed E-state index contributed by atoms with van der Waals surface area (Å²) in [5.41, 5.74) is 56.4. The molecule has 772 valence electrons. The van der Waals surface area contributed by atoms with Gasteiger partial charge in [0.2, 0.25) is 94.5 Å². The number of rotatable bonds is 63. The number of nitrogens with two attached hydrogens (primary N) is 8. The number of carboxylic acid groups (broad SMARTS) is 1. The second-order valence-corrected chi connectivity index (χ2v) is 34.3. The Kier molecular flexibility index (Phi) is 52.7. The first-order valence-electron chi connectivity index (χ1n) is 45.9. The van der Waals surface area contributed by atoms with Crippen LogP contribution in [0.3, 0.4) is 0 Å². The molecule has 1 saturated heterocycles. The van der Waals surface area contributed by atoms with Crippen molar-refractivity contribution in [3.05, 3.63) is 70.1 Å². The molecule has 2 aromatic carbocycles. The summed E-state index contributed by atoms with van der Waals surface area (Å²) in [6.07, 6.45) is -2.52. The first-order chi connectivity index (χ1) is 65.6. The Hall–Kier alpha value is -13.8. The van der Waals surface area contributed by atoms with E-state index in [1.54, 1.807) is 41.5 Å². The molecule has 0 spiro atoms. The molecule has 1 fully saturated rings. The number of aromatic hydroxyl groups is 2. The van der Waals surface area contributed by atoms with Gasteiger partial charge in [0, 0.05) is 50.2 Å². The number of phenols is 2. The van der Waals surface area contributed by atoms with Gasteiger partial charge in [-0.1, -0.05) is 90.7 Å². The van der Waals surface area contributed by atoms with Crippen LogP contribution >= 0.6 is 0 Å². The largest absolute Gasteiger partial charge is 0.508 e. The molecular weight excluding hydrogens is 1820 g/mol. The molecule has 3 rings (SSSR count). The minimum absolute atomic E-state index is 0.00600. The zero-order valence-corrected chi connectivity index (χ0v) is 79.5. The van der Waals surface area contributed by atoms with Gasteiger partial charge in [-0.05, 0) is 156 Å². The highest BCUT2D eigenvalue weighted by atomic mass is 16.4. The number of phenolic OH excluding ortho intramolecular Hbond substituents is 2. The standard InChI is InChI=1S/C87H142N30O22/c1-10-18-53(102-77(130)59(37-47-22-26-49(119)27-23-47)110-81(134)67(44(7)11-2)113-82(135)68(45(8)12-3)112-80(133)63-39-51(121)42-117(63)84(137)66(93)43(5)6)71(124)109-61(41-65(92)122)79(132)105-55(20-16-35-99-86(94)95)73(126)106-58(31-34-90)76(129)114-69(46(9)118)83(136)107-57(30-33-89)75(128)103-54(19-14-15-32-88)72(125)101-52(13-4)70(123)108-60(40-64(91)115-116-98)78(131)104-56(21-17-36-100-87(96)97)74(127)111-62(85(138)139)38-48-24-28-50(120)29-25-48/h1,22-29,43-46,51-64,66-69,118-121H,11-21,30-42,88-91,93H2,2-9H3,(H2,92,122)(H,101,125)(H,102,130)(H,103,128)(H,104,131)(H,105,132)(H,106,126)(H,107,136)(H,108,123)(H,109,124)(H,110,134)(H,111,127)(H,112,133)(H,113,135)(H,114,129)(H,138,139)(H4,94,95,99)(H4,96,97,100)/t44-,45-,46+,51+,52-,53-,54-,55-,56-,57+,58-,59-,60-,61-,62-,63-,64?,66-,67-,68-,69-/m0/s1. The fourth-order valence-electron chi connectivity index (χ4n) is 14.4. The molecule has 39 N–H and O–H groups in total. The molecule has 0 radical (unpaired) electrons. The summed E-state index contributed by atoms with van der Waals surface area (Å²) in [5.74, 6) is -18.9. The predicted octanol–water partition coefficient (Wildman–Crippen LogP) is -8.18. The minimum atomic E-state index is -2.00. The first-order valence-corrected chi connectivity index (χ1v) is 45.9. The van der Waals surface area contributed by atoms with Crippen molar-refractivity contribution in [1.82, 2.24) is 90.0 Å². The van der Waals surface area contributed by atoms with Crippen molar-refractivity contribution in [3.63, 3.8) is 0 Å². The zero-order valence-electron chi connectivity index (χ0n) is 79.5. The summed E-state index contributed by atoms with van der Waals surface area (Å²) in [5, 5.41) is 110. The topological polar surface area (TPSA) is 892 Å². The molecule has 52 nitrogen and oxygen atoms in total. The Balaban J connectivity index is 1.95. The average Bonchev–Trinajstić information content (AvgIpc) is 1.67. The van der Waals surface area contributed by atoms with E-state index in [-0.39, 0.29) is 140 Å². The van der Waals surface area contributed by atoms with Crippen LogP contribution in [0, 0.1) is 40.9 Å². The number of azide groups is 1. The molecule has 0 bridgehead atoms. The molecule has 16 amide bonds. The number of carboxylic acids is 1. The fraction of sp³-hybridized carbons (Fsp3) is 0.621. The molecule has 0 aliphatic carbocycles. The SMILES string of the molecule is C#CC[C@H](NC(=O)[C@H](Cc1ccc(O)cc1)NC(=O)[C@@H](NC(=O)[C@@H](NC(=O)[C@@H]1C[C@@H](O)CN1C(=O)[C@@H](N)C(C)C)[C@@H](C)CC)[C@@H](C)CC)C(=O)N[C@@H](CC(N)=O)C(=O)N[C@@H](CCCNC(=N)N)C(=O)N[C@@H](CCN)C(=O)N[C@H](C(=O)N[C@H](CCN)C(=O)N[C@@H](CCCCN)C(=O)N[C@@H](CC)C(=O)N[C@@H](CC(N)N=[N+]=[N-])C(=O)N[C@@H](CCCNC(=N)N)C(=O)N[C@@H](Cc1ccc(O)cc1)C(=O)O)[C@@H](C)O. The zero-order chi connectivity index (χ0) is 105. The predicted molar refractivity (Wildman–Crippen MR) is 506 cm³/mol. The number of unbranched alkanes of at least 4 members (excludes halogenated alkanes) is 1. The van der Waals surface area contributed by atoms with Gasteiger partial charge in [-0.15, -0.1) is 12.3 Å². The average molecular weight is 1960 g/mol. The molecule has 0 saturated carbocycles. The van der Waals surface area contributed by atoms with Gasteiger partial charge in [-0.2, -0.15) is 0 Å². The number of amides is 16. The number of carbonyl (C=O) groups excluding carboxylic acids is 16. The summed E-state index contributed by atoms with van der Waals surface area (Å²) < 4.78 is 0. The van der Waals surface area contributed by atoms with E-state index in [0.29, 0.717) is 17.5 Å². The van der Waals surface area contributed by atoms with Gasteiger partial charge in [0.25, 0.3) is 0 Å². The van der Waals surface area contributed by atoms with Crippen LogP contribution in [0.15, 0.2) is 53.6 Å². The van der Waals surface area contributed by atoms with Crippen LogP contribution in [0.25, 0.3) is 10.4 Å². The highest BCUT2D eigenvalue weighted by molar-refractivity contribution is 6.02. The number of nitrogens with zero attached hydrogens (tertiary/aromatic N) is 4. The Morgan fingerprint density at radius 1 is 0.482 bits per heavy atom. The van der Waals surface area contributed by atoms with E-state index >= 15 is 0 Å². The molecule has 1 unspecified atom stereocenters. The number of benzene rings is 2. The number of aliphatic hydroxyl groups excluding tert-OH is 2. The number of likely N-dealkylation sites (tertiary alicyclic amines) is 1. The molecule has 52 heteroatoms. The monoisotopic (exact) mass is 1960 g/mol. The summed E-state index contributed by atoms with van der Waals surface area (Å²) in [7, 11) is 0. The van der Waals surface area contributed by atoms with Crippen LogP contribution in [0.5, 0.6) is 11.5 Å². The third kappa shape index (κ3) is 41.6. The number of hydrogen-bond donors (Lipinski definition) is 31. The number of aliphatic carboxylic acids is 1. The summed E-state index contributed by atoms with van der Waals surface area (Å²) in [6, 6.07) is -14.7. The normalized spacial score (nSPS) is 16.8. The molecule has 1 heterocycles. The van der Waals surface area contributed by atoms with Gasteiger partial charge in [0.1, 0.15) is 102 Å². The van der Waals surface area contributed by atoms with Crippen LogP contribution in [-0.2, 0) is 94.3 Å². The smallest absolute Gasteiger partial charge is 0.326 e. The Bertz CT molecular complexity index is 4580. The summed E-state index contributed by atoms with van der Waals surface area (Å²) in [6.45, 7) is 11.8. The third-order valence-electron chi connectivity index (χ3n) is 22.9. The lowest BCUT2D eigenvalue weighted by Crippen LogP contribution is -2.62. The quantitative estimate of drug-likeness (QED) is 0.00556. The number of hydrogen-bond acceptors (Lipinski definition) is 29. The van der Waals surface area contributed by atoms with E-state index < -0.39 is 265 Å². The summed E-state index contributed by atoms with van der Waals surface area (Å²) >= 11 is 0. The number of β-amino-alcohol motifs (C(OH)–C–C–N with tert-alkyl or cyclic N) is 1. The third-order valence-corrected chi connectivity index (χ3v) is 22.9. The Morgan fingerprint density at radius 2 is 0.849 bits per heavy atom. The molecule has 1 aliphatic rings. The maximum Gasteiger partial charge on any atom is 0.326 e. The lowest BCUT2D eigenvalue weighted by molar-refractivity contribution is -0.142. The van der Waals surface area contributed by atoms with E-state index in [4.69, 9.17) is 63.1 Å². The minimum Gasteiger partial charge on any atom is -0.508 e. The van der Waals surface area contributed by atoms with Gasteiger partial charge in [0.15, 0.2) is 11.9 Å². The highest BCUT2D eigenvalue weighted by Gasteiger charge is 2.45. The van der Waals surface area contributed by atoms with E-state index in [2.05, 4.69) is 101 Å². The van der Waals surface area contributed by atoms with Crippen LogP contribution in [-0.4, -0.2) is 297 Å². The Morgan fingerprint density at radius 3 is 1.28 bits per heavy atom. The fourth-order valence-corrected chi connectivity index (χ4v) is 14.4. The van der Waals surface area contributed by atoms with E-state index in [0.717, 1.165) is 6.92 Å². The maximum absolute atomic E-state index is 14.8. The van der Waals surface area contributed by atoms with E-state index in [9.17, 15) is 113 Å². The van der Waals surface area contributed by atoms with Crippen molar-refractivity contribution in [2.75, 3.05) is 39.3 Å². The van der Waals surface area contributed by atoms with Gasteiger partial charge in [0.05, 0.1) is 30.8 Å². The molecule has 1 aliphatic heterocycles. The maximum atomic E-state index is 14.8. The second kappa shape index (κ2) is 61.4. The van der Waals surface area contributed by atoms with Gasteiger partial charge in [-0.3, -0.25) is 87.5 Å². The van der Waals surface area contributed by atoms with E-state index in [1.165, 1.54) is 60.4 Å². The molecule has 21 atom stereocenters. The van der Waals surface area contributed by atoms with Crippen molar-refractivity contribution in [1.29, 1.82) is 10.8 Å². The van der Waals surface area contributed by atoms with E-state index in [1.807, 2.05) is 0 Å². The number of guanidine groups is 2. The molecular formula is C87H142N30O22. The van der Waals surface area contributed by atoms with Crippen molar-refractivity contribution in [2.24, 2.45) is 68.7 Å². The van der Waals surface area contributed by atoms with Crippen LogP contribution in [0.2, 0.25) is 0 Å². The summed E-state index contributed by atoms with van der Waals surface area (Å²) in [4.78, 5) is 245. The number of aliphatic hydroxyl groups is 2. The molecule has 2 aromatic rings. The lowest BCUT2D eigenvalue weighted by atomic mass is 9.94. The molecule has 0 aromatic heterocycles. The number of nitrogens with one attached hydrogen (secondary N) is 18. The first kappa shape index (κ1) is 119. The number of primary amides is 1. The second-order valence-electron chi connectivity index (χ2n) is 34.3. The van der Waals surface area contributed by atoms with Crippen LogP contribution in [0.4, 0.5) is 0 Å². The van der Waals surface area contributed by atoms with Crippen molar-refractivity contribution in [3.8, 4) is 23.8 Å². The van der Waals surface area contributed by atoms with Gasteiger partial charge >= 0.3 is 5.97 Å². The van der Waals surface area contributed by atoms with Gasteiger partial charge < -0.3 is 161 Å². The van der Waals surface area contributed by atoms with Gasteiger partial charge in [-0.25, -0.2) is 4.79 Å². The van der Waals surface area contributed by atoms with Crippen molar-refractivity contribution in [2.45, 2.75) is 286 Å². The van der Waals surface area contributed by atoms with Crippen molar-refractivity contribution >= 4 is 112 Å². The number of carbonyl (C=O) groups is 17. The Labute approximate surface area is 804 Å². The van der Waals surface area contributed by atoms with Crippen LogP contribution in [0.1, 0.15) is 169 Å². The molecule has 139 heavy (non-hydrogen) atoms. The van der Waals surface area contributed by atoms with Crippen molar-refractivity contribution < 1.29 is 107 Å². The lowest BCUT2D eigenvalue weighted by Gasteiger charge is -2.32. The number of terminal acetylenes is 1. The highest BCUT2D eigenvalue weighted by Crippen LogP contribution is 2.24. The van der Waals surface area contributed by atoms with Crippen LogP contribution < -0.4 is 131 Å².